The van der Waals surface area contributed by atoms with Crippen LogP contribution in [0.5, 0.6) is 0 Å². The van der Waals surface area contributed by atoms with E-state index in [0.717, 1.165) is 23.5 Å². The smallest absolute Gasteiger partial charge is 0.363 e. The number of nitrogens with one attached hydrogen (secondary N) is 1. The topological polar surface area (TPSA) is 42.2 Å². The van der Waals surface area contributed by atoms with Gasteiger partial charge in [0.25, 0.3) is 0 Å². The Morgan fingerprint density at radius 3 is 2.50 bits per heavy atom. The predicted octanol–water partition coefficient (Wildman–Crippen LogP) is 3.92. The molecule has 0 aliphatic carbocycles. The molecule has 0 bridgehead atoms. The molecule has 2 aromatic heterocycles. The molecule has 2 heterocycles. The van der Waals surface area contributed by atoms with Gasteiger partial charge in [0.1, 0.15) is 12.1 Å². The summed E-state index contributed by atoms with van der Waals surface area (Å²) >= 11 is 0. The van der Waals surface area contributed by atoms with Crippen LogP contribution in [0.1, 0.15) is 24.1 Å². The van der Waals surface area contributed by atoms with Crippen molar-refractivity contribution < 1.29 is 13.2 Å². The molecular formula is C15H13F3N4. The van der Waals surface area contributed by atoms with Gasteiger partial charge in [0.05, 0.1) is 5.56 Å². The number of alkyl halides is 3. The molecule has 114 valence electrons. The molecule has 22 heavy (non-hydrogen) atoms. The summed E-state index contributed by atoms with van der Waals surface area (Å²) in [4.78, 5) is 4.08. The normalized spacial score (nSPS) is 13.3. The molecule has 0 aliphatic heterocycles. The summed E-state index contributed by atoms with van der Waals surface area (Å²) in [6, 6.07) is 10.4. The first-order valence-corrected chi connectivity index (χ1v) is 6.67. The first kappa shape index (κ1) is 14.4. The van der Waals surface area contributed by atoms with E-state index >= 15 is 0 Å². The molecule has 0 saturated heterocycles. The largest absolute Gasteiger partial charge is 0.416 e. The van der Waals surface area contributed by atoms with Crippen molar-refractivity contribution in [2.24, 2.45) is 0 Å². The zero-order valence-corrected chi connectivity index (χ0v) is 11.7. The summed E-state index contributed by atoms with van der Waals surface area (Å²) in [6.07, 6.45) is -2.87. The van der Waals surface area contributed by atoms with Crippen molar-refractivity contribution in [2.75, 3.05) is 5.32 Å². The van der Waals surface area contributed by atoms with Gasteiger partial charge in [-0.2, -0.15) is 22.8 Å². The van der Waals surface area contributed by atoms with E-state index in [4.69, 9.17) is 0 Å². The number of benzene rings is 1. The lowest BCUT2D eigenvalue weighted by Gasteiger charge is -2.17. The van der Waals surface area contributed by atoms with Gasteiger partial charge in [0, 0.05) is 6.04 Å². The van der Waals surface area contributed by atoms with Crippen LogP contribution >= 0.6 is 0 Å². The number of pyridine rings is 1. The maximum absolute atomic E-state index is 12.6. The van der Waals surface area contributed by atoms with Crippen molar-refractivity contribution in [2.45, 2.75) is 19.1 Å². The molecule has 0 spiro atoms. The molecule has 3 aromatic rings. The number of hydrogen-bond acceptors (Lipinski definition) is 3. The maximum atomic E-state index is 12.6. The Labute approximate surface area is 124 Å². The zero-order chi connectivity index (χ0) is 15.7. The minimum absolute atomic E-state index is 0.169. The van der Waals surface area contributed by atoms with Crippen LogP contribution in [0.4, 0.5) is 19.0 Å². The number of nitrogens with zero attached hydrogens (tertiary/aromatic N) is 3. The van der Waals surface area contributed by atoms with Crippen molar-refractivity contribution in [1.82, 2.24) is 14.6 Å². The van der Waals surface area contributed by atoms with Crippen LogP contribution < -0.4 is 5.32 Å². The van der Waals surface area contributed by atoms with Gasteiger partial charge >= 0.3 is 6.18 Å². The Hall–Kier alpha value is -2.57. The van der Waals surface area contributed by atoms with Crippen molar-refractivity contribution in [3.8, 4) is 0 Å². The molecule has 0 aliphatic rings. The molecule has 0 fully saturated rings. The van der Waals surface area contributed by atoms with E-state index in [1.807, 2.05) is 25.1 Å². The zero-order valence-electron chi connectivity index (χ0n) is 11.7. The van der Waals surface area contributed by atoms with Gasteiger partial charge in [-0.05, 0) is 36.8 Å². The molecular weight excluding hydrogens is 293 g/mol. The molecule has 1 aromatic carbocycles. The minimum Gasteiger partial charge on any atom is -0.363 e. The molecule has 3 rings (SSSR count). The monoisotopic (exact) mass is 306 g/mol. The summed E-state index contributed by atoms with van der Waals surface area (Å²) in [5, 5.41) is 7.33. The maximum Gasteiger partial charge on any atom is 0.416 e. The van der Waals surface area contributed by atoms with E-state index in [-0.39, 0.29) is 6.04 Å². The quantitative estimate of drug-likeness (QED) is 0.797. The summed E-state index contributed by atoms with van der Waals surface area (Å²) in [5.41, 5.74) is 0.802. The molecule has 7 heteroatoms. The Morgan fingerprint density at radius 2 is 1.82 bits per heavy atom. The average molecular weight is 306 g/mol. The lowest BCUT2D eigenvalue weighted by atomic mass is 10.1. The number of aromatic nitrogens is 3. The van der Waals surface area contributed by atoms with Crippen LogP contribution in [0.2, 0.25) is 0 Å². The second-order valence-electron chi connectivity index (χ2n) is 4.93. The third-order valence-corrected chi connectivity index (χ3v) is 3.40. The van der Waals surface area contributed by atoms with Crippen molar-refractivity contribution in [3.05, 3.63) is 59.9 Å². The van der Waals surface area contributed by atoms with Gasteiger partial charge in [-0.15, -0.1) is 0 Å². The highest BCUT2D eigenvalue weighted by Gasteiger charge is 2.30. The summed E-state index contributed by atoms with van der Waals surface area (Å²) in [6.45, 7) is 1.87. The van der Waals surface area contributed by atoms with E-state index in [1.165, 1.54) is 18.5 Å². The van der Waals surface area contributed by atoms with Crippen LogP contribution in [-0.4, -0.2) is 14.6 Å². The molecule has 0 amide bonds. The first-order chi connectivity index (χ1) is 10.4. The fourth-order valence-corrected chi connectivity index (χ4v) is 2.22. The van der Waals surface area contributed by atoms with Crippen LogP contribution in [0.15, 0.2) is 48.8 Å². The lowest BCUT2D eigenvalue weighted by molar-refractivity contribution is -0.137. The molecule has 4 nitrogen and oxygen atoms in total. The fourth-order valence-electron chi connectivity index (χ4n) is 2.22. The lowest BCUT2D eigenvalue weighted by Crippen LogP contribution is -2.11. The number of hydrogen-bond donors (Lipinski definition) is 1. The van der Waals surface area contributed by atoms with Gasteiger partial charge in [-0.3, -0.25) is 0 Å². The standard InChI is InChI=1S/C15H13F3N4/c1-10(11-5-7-12(8-6-11)15(16,17)18)21-14-4-2-3-13-19-9-20-22(13)14/h2-10,21H,1H3. The number of fused-ring (bicyclic) bond motifs is 1. The van der Waals surface area contributed by atoms with E-state index in [1.54, 1.807) is 4.52 Å². The van der Waals surface area contributed by atoms with Crippen molar-refractivity contribution in [1.29, 1.82) is 0 Å². The number of rotatable bonds is 3. The van der Waals surface area contributed by atoms with Gasteiger partial charge < -0.3 is 5.32 Å². The Morgan fingerprint density at radius 1 is 1.09 bits per heavy atom. The second-order valence-corrected chi connectivity index (χ2v) is 4.93. The highest BCUT2D eigenvalue weighted by molar-refractivity contribution is 5.49. The summed E-state index contributed by atoms with van der Waals surface area (Å²) in [5.74, 6) is 0.724. The molecule has 1 atom stereocenters. The molecule has 0 radical (unpaired) electrons. The van der Waals surface area contributed by atoms with Crippen LogP contribution in [-0.2, 0) is 6.18 Å². The van der Waals surface area contributed by atoms with E-state index in [0.29, 0.717) is 5.65 Å². The van der Waals surface area contributed by atoms with Crippen LogP contribution in [0.25, 0.3) is 5.65 Å². The van der Waals surface area contributed by atoms with Crippen LogP contribution in [0, 0.1) is 0 Å². The van der Waals surface area contributed by atoms with Gasteiger partial charge in [-0.25, -0.2) is 4.98 Å². The number of halogens is 3. The van der Waals surface area contributed by atoms with Crippen LogP contribution in [0.3, 0.4) is 0 Å². The number of anilines is 1. The van der Waals surface area contributed by atoms with Gasteiger partial charge in [-0.1, -0.05) is 18.2 Å². The molecule has 1 unspecified atom stereocenters. The van der Waals surface area contributed by atoms with E-state index in [9.17, 15) is 13.2 Å². The van der Waals surface area contributed by atoms with Crippen molar-refractivity contribution in [3.63, 3.8) is 0 Å². The fraction of sp³-hybridized carbons (Fsp3) is 0.200. The SMILES string of the molecule is CC(Nc1cccc2ncnn12)c1ccc(C(F)(F)F)cc1. The first-order valence-electron chi connectivity index (χ1n) is 6.67. The Kier molecular flexibility index (Phi) is 3.48. The van der Waals surface area contributed by atoms with Gasteiger partial charge in [0.2, 0.25) is 0 Å². The molecule has 1 N–H and O–H groups in total. The summed E-state index contributed by atoms with van der Waals surface area (Å²) in [7, 11) is 0. The summed E-state index contributed by atoms with van der Waals surface area (Å²) < 4.78 is 39.4. The third-order valence-electron chi connectivity index (χ3n) is 3.40. The minimum atomic E-state index is -4.32. The van der Waals surface area contributed by atoms with E-state index in [2.05, 4.69) is 15.4 Å². The highest BCUT2D eigenvalue weighted by atomic mass is 19.4. The van der Waals surface area contributed by atoms with Crippen molar-refractivity contribution >= 4 is 11.5 Å². The Balaban J connectivity index is 1.82. The third kappa shape index (κ3) is 2.74. The van der Waals surface area contributed by atoms with Gasteiger partial charge in [0.15, 0.2) is 5.65 Å². The van der Waals surface area contributed by atoms with E-state index < -0.39 is 11.7 Å². The molecule has 0 saturated carbocycles. The average Bonchev–Trinajstić information content (AvgIpc) is 2.96. The predicted molar refractivity (Wildman–Crippen MR) is 76.5 cm³/mol. The Bertz CT molecular complexity index is 777. The second kappa shape index (κ2) is 5.32. The highest BCUT2D eigenvalue weighted by Crippen LogP contribution is 2.30.